The molecular weight excluding hydrogens is 416 g/mol. The summed E-state index contributed by atoms with van der Waals surface area (Å²) in [5.41, 5.74) is 2.25. The van der Waals surface area contributed by atoms with Crippen LogP contribution in [0.2, 0.25) is 0 Å². The molecule has 2 heterocycles. The first-order valence-electron chi connectivity index (χ1n) is 10.8. The van der Waals surface area contributed by atoms with Gasteiger partial charge in [0.1, 0.15) is 4.32 Å². The molecule has 1 aromatic carbocycles. The first kappa shape index (κ1) is 21.4. The third kappa shape index (κ3) is 4.89. The number of anilines is 1. The molecule has 2 aliphatic heterocycles. The molecule has 3 fully saturated rings. The van der Waals surface area contributed by atoms with Gasteiger partial charge in [0.05, 0.1) is 4.91 Å². The van der Waals surface area contributed by atoms with E-state index in [2.05, 4.69) is 29.2 Å². The molecule has 0 bridgehead atoms. The zero-order valence-electron chi connectivity index (χ0n) is 17.1. The van der Waals surface area contributed by atoms with Crippen molar-refractivity contribution in [2.75, 3.05) is 24.5 Å². The maximum absolute atomic E-state index is 12.6. The number of hydrogen-bond acceptors (Lipinski definition) is 5. The number of rotatable bonds is 6. The molecule has 2 saturated heterocycles. The third-order valence-electron chi connectivity index (χ3n) is 6.49. The van der Waals surface area contributed by atoms with Gasteiger partial charge in [0.15, 0.2) is 0 Å². The Hall–Kier alpha value is -1.86. The van der Waals surface area contributed by atoms with Gasteiger partial charge >= 0.3 is 5.97 Å². The lowest BCUT2D eigenvalue weighted by Gasteiger charge is -2.42. The molecule has 0 spiro atoms. The minimum absolute atomic E-state index is 0.0374. The number of carboxylic acids is 1. The standard InChI is InChI=1S/C23H28N2O3S2/c26-21(27)6-3-12-25-22(28)20(30-23(25)29)14-16-7-9-19(10-8-16)24-13-11-17-4-1-2-5-18(17)15-24/h7-10,14,17-18H,1-6,11-13,15H2,(H,26,27)/b20-14-/t17-,18-/m0/s1. The molecule has 1 aliphatic carbocycles. The van der Waals surface area contributed by atoms with Crippen molar-refractivity contribution in [3.8, 4) is 0 Å². The fourth-order valence-electron chi connectivity index (χ4n) is 4.85. The molecule has 7 heteroatoms. The minimum Gasteiger partial charge on any atom is -0.481 e. The van der Waals surface area contributed by atoms with Crippen LogP contribution >= 0.6 is 24.0 Å². The lowest BCUT2D eigenvalue weighted by molar-refractivity contribution is -0.137. The van der Waals surface area contributed by atoms with Gasteiger partial charge in [-0.3, -0.25) is 14.5 Å². The SMILES string of the molecule is O=C(O)CCCN1C(=O)/C(=C/c2ccc(N3CC[C@@H]4CCCC[C@H]4C3)cc2)SC1=S. The average molecular weight is 445 g/mol. The van der Waals surface area contributed by atoms with Gasteiger partial charge in [-0.2, -0.15) is 0 Å². The fourth-order valence-corrected chi connectivity index (χ4v) is 6.16. The molecule has 160 valence electrons. The summed E-state index contributed by atoms with van der Waals surface area (Å²) >= 11 is 6.61. The Morgan fingerprint density at radius 1 is 1.17 bits per heavy atom. The van der Waals surface area contributed by atoms with Crippen molar-refractivity contribution in [3.05, 3.63) is 34.7 Å². The number of fused-ring (bicyclic) bond motifs is 1. The molecule has 2 atom stereocenters. The largest absolute Gasteiger partial charge is 0.481 e. The zero-order chi connectivity index (χ0) is 21.1. The van der Waals surface area contributed by atoms with Crippen molar-refractivity contribution in [3.63, 3.8) is 0 Å². The highest BCUT2D eigenvalue weighted by Crippen LogP contribution is 2.38. The van der Waals surface area contributed by atoms with E-state index in [0.29, 0.717) is 22.2 Å². The Kier molecular flexibility index (Phi) is 6.78. The second-order valence-corrected chi connectivity index (χ2v) is 10.1. The highest BCUT2D eigenvalue weighted by molar-refractivity contribution is 8.26. The summed E-state index contributed by atoms with van der Waals surface area (Å²) in [6.07, 6.45) is 9.19. The number of hydrogen-bond donors (Lipinski definition) is 1. The van der Waals surface area contributed by atoms with Crippen LogP contribution < -0.4 is 4.90 Å². The van der Waals surface area contributed by atoms with E-state index in [1.165, 1.54) is 61.0 Å². The monoisotopic (exact) mass is 444 g/mol. The Balaban J connectivity index is 1.38. The van der Waals surface area contributed by atoms with Crippen LogP contribution in [0, 0.1) is 11.8 Å². The van der Waals surface area contributed by atoms with Crippen molar-refractivity contribution in [2.45, 2.75) is 44.9 Å². The Morgan fingerprint density at radius 3 is 2.63 bits per heavy atom. The zero-order valence-corrected chi connectivity index (χ0v) is 18.7. The molecule has 1 N–H and O–H groups in total. The first-order chi connectivity index (χ1) is 14.5. The number of carbonyl (C=O) groups is 2. The topological polar surface area (TPSA) is 60.9 Å². The summed E-state index contributed by atoms with van der Waals surface area (Å²) in [4.78, 5) is 28.0. The van der Waals surface area contributed by atoms with E-state index in [-0.39, 0.29) is 12.3 Å². The van der Waals surface area contributed by atoms with Crippen molar-refractivity contribution in [1.82, 2.24) is 4.90 Å². The summed E-state index contributed by atoms with van der Waals surface area (Å²) in [5, 5.41) is 8.78. The van der Waals surface area contributed by atoms with Gasteiger partial charge in [0.2, 0.25) is 0 Å². The lowest BCUT2D eigenvalue weighted by atomic mass is 9.75. The van der Waals surface area contributed by atoms with Crippen LogP contribution in [0.15, 0.2) is 29.2 Å². The summed E-state index contributed by atoms with van der Waals surface area (Å²) < 4.78 is 0.503. The first-order valence-corrected chi connectivity index (χ1v) is 12.1. The molecule has 0 aromatic heterocycles. The van der Waals surface area contributed by atoms with E-state index < -0.39 is 5.97 Å². The van der Waals surface area contributed by atoms with Crippen molar-refractivity contribution in [1.29, 1.82) is 0 Å². The van der Waals surface area contributed by atoms with Crippen molar-refractivity contribution >= 4 is 51.9 Å². The minimum atomic E-state index is -0.858. The number of carbonyl (C=O) groups excluding carboxylic acids is 1. The second-order valence-electron chi connectivity index (χ2n) is 8.46. The maximum atomic E-state index is 12.6. The number of benzene rings is 1. The quantitative estimate of drug-likeness (QED) is 0.504. The average Bonchev–Trinajstić information content (AvgIpc) is 3.01. The molecular formula is C23H28N2O3S2. The molecule has 30 heavy (non-hydrogen) atoms. The Bertz CT molecular complexity index is 853. The van der Waals surface area contributed by atoms with Gasteiger partial charge in [-0.05, 0) is 54.9 Å². The molecule has 4 rings (SSSR count). The Labute approximate surface area is 187 Å². The molecule has 0 unspecified atom stereocenters. The summed E-state index contributed by atoms with van der Waals surface area (Å²) in [7, 11) is 0. The molecule has 0 radical (unpaired) electrons. The number of piperidine rings is 1. The number of thiocarbonyl (C=S) groups is 1. The van der Waals surface area contributed by atoms with E-state index in [4.69, 9.17) is 17.3 Å². The van der Waals surface area contributed by atoms with Crippen LogP contribution in [0.5, 0.6) is 0 Å². The van der Waals surface area contributed by atoms with E-state index in [1.54, 1.807) is 0 Å². The number of thioether (sulfide) groups is 1. The molecule has 3 aliphatic rings. The molecule has 1 aromatic rings. The number of nitrogens with zero attached hydrogens (tertiary/aromatic N) is 2. The van der Waals surface area contributed by atoms with Crippen LogP contribution in [0.4, 0.5) is 5.69 Å². The number of aliphatic carboxylic acids is 1. The van der Waals surface area contributed by atoms with Crippen LogP contribution in [0.3, 0.4) is 0 Å². The van der Waals surface area contributed by atoms with Crippen LogP contribution in [0.25, 0.3) is 6.08 Å². The number of amides is 1. The van der Waals surface area contributed by atoms with Gasteiger partial charge in [-0.15, -0.1) is 0 Å². The predicted molar refractivity (Wildman–Crippen MR) is 125 cm³/mol. The van der Waals surface area contributed by atoms with E-state index in [9.17, 15) is 9.59 Å². The van der Waals surface area contributed by atoms with Gasteiger partial charge in [-0.1, -0.05) is 55.4 Å². The highest BCUT2D eigenvalue weighted by Gasteiger charge is 2.32. The van der Waals surface area contributed by atoms with Crippen molar-refractivity contribution < 1.29 is 14.7 Å². The predicted octanol–water partition coefficient (Wildman–Crippen LogP) is 4.77. The Morgan fingerprint density at radius 2 is 1.90 bits per heavy atom. The summed E-state index contributed by atoms with van der Waals surface area (Å²) in [6.45, 7) is 2.65. The summed E-state index contributed by atoms with van der Waals surface area (Å²) in [6, 6.07) is 8.45. The lowest BCUT2D eigenvalue weighted by Crippen LogP contribution is -2.41. The summed E-state index contributed by atoms with van der Waals surface area (Å²) in [5.74, 6) is 0.782. The van der Waals surface area contributed by atoms with Crippen molar-refractivity contribution in [2.24, 2.45) is 11.8 Å². The van der Waals surface area contributed by atoms with E-state index >= 15 is 0 Å². The highest BCUT2D eigenvalue weighted by atomic mass is 32.2. The molecule has 5 nitrogen and oxygen atoms in total. The van der Waals surface area contributed by atoms with Crippen LogP contribution in [-0.2, 0) is 9.59 Å². The maximum Gasteiger partial charge on any atom is 0.303 e. The van der Waals surface area contributed by atoms with Gasteiger partial charge in [0.25, 0.3) is 5.91 Å². The third-order valence-corrected chi connectivity index (χ3v) is 7.87. The molecule has 1 saturated carbocycles. The van der Waals surface area contributed by atoms with E-state index in [1.807, 2.05) is 6.08 Å². The van der Waals surface area contributed by atoms with Gasteiger partial charge in [0, 0.05) is 31.7 Å². The van der Waals surface area contributed by atoms with Gasteiger partial charge in [-0.25, -0.2) is 0 Å². The number of carboxylic acid groups (broad SMARTS) is 1. The molecule has 1 amide bonds. The smallest absolute Gasteiger partial charge is 0.303 e. The van der Waals surface area contributed by atoms with Crippen LogP contribution in [0.1, 0.15) is 50.5 Å². The van der Waals surface area contributed by atoms with E-state index in [0.717, 1.165) is 23.9 Å². The van der Waals surface area contributed by atoms with Crippen LogP contribution in [-0.4, -0.2) is 45.8 Å². The fraction of sp³-hybridized carbons (Fsp3) is 0.522. The van der Waals surface area contributed by atoms with Gasteiger partial charge < -0.3 is 10.0 Å². The second kappa shape index (κ2) is 9.52. The normalized spacial score (nSPS) is 25.7.